The molecule has 0 radical (unpaired) electrons. The van der Waals surface area contributed by atoms with Gasteiger partial charge in [0.2, 0.25) is 0 Å². The number of carbonyl (C=O) groups is 3. The molecule has 1 N–H and O–H groups in total. The lowest BCUT2D eigenvalue weighted by Gasteiger charge is -2.31. The summed E-state index contributed by atoms with van der Waals surface area (Å²) in [5, 5.41) is 7.83. The minimum absolute atomic E-state index is 0.0706. The molecule has 0 aliphatic carbocycles. The van der Waals surface area contributed by atoms with E-state index in [0.717, 1.165) is 17.1 Å². The van der Waals surface area contributed by atoms with Gasteiger partial charge in [0.05, 0.1) is 34.3 Å². The number of aromatic nitrogens is 2. The number of aryl methyl sites for hydroxylation is 1. The molecule has 10 heteroatoms. The highest BCUT2D eigenvalue weighted by molar-refractivity contribution is 6.31. The minimum Gasteiger partial charge on any atom is -0.452 e. The highest BCUT2D eigenvalue weighted by Crippen LogP contribution is 2.22. The number of esters is 1. The highest BCUT2D eigenvalue weighted by Gasteiger charge is 2.24. The summed E-state index contributed by atoms with van der Waals surface area (Å²) in [7, 11) is 0. The molecule has 0 bridgehead atoms. The quantitative estimate of drug-likeness (QED) is 0.662. The maximum absolute atomic E-state index is 12.3. The SMILES string of the molecule is CCOC(=O)N1CCC(NC(=O)COC(=O)c2ccc(-n3nc(C)c(Cl)c3C)cc2)CC1. The minimum atomic E-state index is -0.588. The molecule has 2 amide bonds. The average molecular weight is 463 g/mol. The van der Waals surface area contributed by atoms with E-state index in [1.807, 2.05) is 13.8 Å². The number of nitrogens with zero attached hydrogens (tertiary/aromatic N) is 3. The third kappa shape index (κ3) is 5.59. The van der Waals surface area contributed by atoms with Crippen molar-refractivity contribution in [2.45, 2.75) is 39.7 Å². The van der Waals surface area contributed by atoms with E-state index in [2.05, 4.69) is 10.4 Å². The Morgan fingerprint density at radius 2 is 1.78 bits per heavy atom. The van der Waals surface area contributed by atoms with Crippen LogP contribution in [0.15, 0.2) is 24.3 Å². The zero-order valence-electron chi connectivity index (χ0n) is 18.4. The Hall–Kier alpha value is -3.07. The van der Waals surface area contributed by atoms with Crippen molar-refractivity contribution in [3.8, 4) is 5.69 Å². The first-order valence-corrected chi connectivity index (χ1v) is 10.9. The fourth-order valence-electron chi connectivity index (χ4n) is 3.52. The smallest absolute Gasteiger partial charge is 0.409 e. The maximum Gasteiger partial charge on any atom is 0.409 e. The zero-order chi connectivity index (χ0) is 23.3. The molecule has 0 unspecified atom stereocenters. The van der Waals surface area contributed by atoms with Crippen molar-refractivity contribution >= 4 is 29.6 Å². The second-order valence-electron chi connectivity index (χ2n) is 7.55. The molecule has 32 heavy (non-hydrogen) atoms. The van der Waals surface area contributed by atoms with E-state index < -0.39 is 5.97 Å². The van der Waals surface area contributed by atoms with Crippen LogP contribution < -0.4 is 5.32 Å². The number of halogens is 1. The molecule has 9 nitrogen and oxygen atoms in total. The Morgan fingerprint density at radius 1 is 1.12 bits per heavy atom. The second-order valence-corrected chi connectivity index (χ2v) is 7.93. The van der Waals surface area contributed by atoms with E-state index in [9.17, 15) is 14.4 Å². The molecular formula is C22H27ClN4O5. The summed E-state index contributed by atoms with van der Waals surface area (Å²) in [6.45, 7) is 6.44. The van der Waals surface area contributed by atoms with Gasteiger partial charge >= 0.3 is 12.1 Å². The maximum atomic E-state index is 12.3. The number of piperidine rings is 1. The Morgan fingerprint density at radius 3 is 2.34 bits per heavy atom. The van der Waals surface area contributed by atoms with Crippen LogP contribution in [0.4, 0.5) is 4.79 Å². The van der Waals surface area contributed by atoms with Crippen LogP contribution in [0.2, 0.25) is 5.02 Å². The van der Waals surface area contributed by atoms with Gasteiger partial charge in [-0.1, -0.05) is 11.6 Å². The Kier molecular flexibility index (Phi) is 7.74. The second kappa shape index (κ2) is 10.5. The molecule has 0 spiro atoms. The third-order valence-electron chi connectivity index (χ3n) is 5.27. The molecule has 0 saturated carbocycles. The first kappa shape index (κ1) is 23.6. The fraction of sp³-hybridized carbons (Fsp3) is 0.455. The monoisotopic (exact) mass is 462 g/mol. The molecule has 1 aliphatic heterocycles. The number of likely N-dealkylation sites (tertiary alicyclic amines) is 1. The average Bonchev–Trinajstić information content (AvgIpc) is 3.05. The molecule has 2 heterocycles. The predicted molar refractivity (Wildman–Crippen MR) is 118 cm³/mol. The summed E-state index contributed by atoms with van der Waals surface area (Å²) in [5.74, 6) is -0.961. The van der Waals surface area contributed by atoms with Gasteiger partial charge in [0.25, 0.3) is 5.91 Å². The number of ether oxygens (including phenoxy) is 2. The van der Waals surface area contributed by atoms with Gasteiger partial charge in [-0.3, -0.25) is 4.79 Å². The molecular weight excluding hydrogens is 436 g/mol. The lowest BCUT2D eigenvalue weighted by Crippen LogP contribution is -2.47. The highest BCUT2D eigenvalue weighted by atomic mass is 35.5. The largest absolute Gasteiger partial charge is 0.452 e. The van der Waals surface area contributed by atoms with Crippen molar-refractivity contribution in [2.24, 2.45) is 0 Å². The Labute approximate surface area is 191 Å². The van der Waals surface area contributed by atoms with Gasteiger partial charge in [-0.2, -0.15) is 5.10 Å². The number of rotatable bonds is 6. The van der Waals surface area contributed by atoms with Gasteiger partial charge in [0.15, 0.2) is 6.61 Å². The summed E-state index contributed by atoms with van der Waals surface area (Å²) >= 11 is 6.19. The molecule has 1 saturated heterocycles. The standard InChI is InChI=1S/C22H27ClN4O5/c1-4-31-22(30)26-11-9-17(10-12-26)24-19(28)13-32-21(29)16-5-7-18(8-6-16)27-15(3)20(23)14(2)25-27/h5-8,17H,4,9-13H2,1-3H3,(H,24,28). The van der Waals surface area contributed by atoms with Crippen LogP contribution in [0, 0.1) is 13.8 Å². The predicted octanol–water partition coefficient (Wildman–Crippen LogP) is 3.04. The van der Waals surface area contributed by atoms with E-state index in [-0.39, 0.29) is 24.6 Å². The fourth-order valence-corrected chi connectivity index (χ4v) is 3.64. The molecule has 172 valence electrons. The summed E-state index contributed by atoms with van der Waals surface area (Å²) in [4.78, 5) is 37.8. The molecule has 1 aromatic heterocycles. The topological polar surface area (TPSA) is 103 Å². The normalized spacial score (nSPS) is 14.2. The molecule has 0 atom stereocenters. The van der Waals surface area contributed by atoms with Crippen LogP contribution in [0.5, 0.6) is 0 Å². The first-order valence-electron chi connectivity index (χ1n) is 10.5. The van der Waals surface area contributed by atoms with E-state index in [0.29, 0.717) is 43.1 Å². The van der Waals surface area contributed by atoms with Crippen LogP contribution in [-0.2, 0) is 14.3 Å². The van der Waals surface area contributed by atoms with Crippen LogP contribution in [0.25, 0.3) is 5.69 Å². The summed E-state index contributed by atoms with van der Waals surface area (Å²) in [6, 6.07) is 6.64. The molecule has 1 fully saturated rings. The lowest BCUT2D eigenvalue weighted by molar-refractivity contribution is -0.125. The number of hydrogen-bond acceptors (Lipinski definition) is 6. The molecule has 3 rings (SSSR count). The molecule has 2 aromatic rings. The van der Waals surface area contributed by atoms with Gasteiger partial charge in [-0.15, -0.1) is 0 Å². The van der Waals surface area contributed by atoms with Crippen molar-refractivity contribution in [2.75, 3.05) is 26.3 Å². The van der Waals surface area contributed by atoms with Crippen LogP contribution in [0.1, 0.15) is 41.5 Å². The third-order valence-corrected chi connectivity index (χ3v) is 5.82. The number of hydrogen-bond donors (Lipinski definition) is 1. The summed E-state index contributed by atoms with van der Waals surface area (Å²) in [5.41, 5.74) is 2.63. The van der Waals surface area contributed by atoms with E-state index in [1.54, 1.807) is 40.8 Å². The Bertz CT molecular complexity index is 981. The van der Waals surface area contributed by atoms with Crippen molar-refractivity contribution in [1.29, 1.82) is 0 Å². The van der Waals surface area contributed by atoms with Crippen LogP contribution in [0.3, 0.4) is 0 Å². The van der Waals surface area contributed by atoms with Gasteiger partial charge < -0.3 is 19.7 Å². The summed E-state index contributed by atoms with van der Waals surface area (Å²) in [6.07, 6.45) is 0.908. The van der Waals surface area contributed by atoms with E-state index >= 15 is 0 Å². The van der Waals surface area contributed by atoms with Gasteiger partial charge in [-0.05, 0) is 57.9 Å². The number of carbonyl (C=O) groups excluding carboxylic acids is 3. The van der Waals surface area contributed by atoms with E-state index in [4.69, 9.17) is 21.1 Å². The summed E-state index contributed by atoms with van der Waals surface area (Å²) < 4.78 is 11.8. The Balaban J connectivity index is 1.46. The molecule has 1 aromatic carbocycles. The van der Waals surface area contributed by atoms with Crippen LogP contribution >= 0.6 is 11.6 Å². The first-order chi connectivity index (χ1) is 15.3. The van der Waals surface area contributed by atoms with Gasteiger partial charge in [0.1, 0.15) is 0 Å². The van der Waals surface area contributed by atoms with Crippen molar-refractivity contribution in [3.63, 3.8) is 0 Å². The number of nitrogens with one attached hydrogen (secondary N) is 1. The van der Waals surface area contributed by atoms with Crippen LogP contribution in [-0.4, -0.2) is 65.0 Å². The zero-order valence-corrected chi connectivity index (χ0v) is 19.1. The van der Waals surface area contributed by atoms with E-state index in [1.165, 1.54) is 0 Å². The van der Waals surface area contributed by atoms with Crippen molar-refractivity contribution < 1.29 is 23.9 Å². The van der Waals surface area contributed by atoms with Crippen molar-refractivity contribution in [1.82, 2.24) is 20.0 Å². The lowest BCUT2D eigenvalue weighted by atomic mass is 10.1. The molecule has 1 aliphatic rings. The van der Waals surface area contributed by atoms with Gasteiger partial charge in [0, 0.05) is 19.1 Å². The van der Waals surface area contributed by atoms with Gasteiger partial charge in [-0.25, -0.2) is 14.3 Å². The number of benzene rings is 1. The van der Waals surface area contributed by atoms with Crippen molar-refractivity contribution in [3.05, 3.63) is 46.2 Å². The number of amides is 2.